The molecule has 2 amide bonds. The van der Waals surface area contributed by atoms with Crippen molar-refractivity contribution in [1.82, 2.24) is 15.5 Å². The molecule has 0 fully saturated rings. The summed E-state index contributed by atoms with van der Waals surface area (Å²) in [6, 6.07) is 8.46. The van der Waals surface area contributed by atoms with Crippen LogP contribution in [-0.4, -0.2) is 47.3 Å². The van der Waals surface area contributed by atoms with Gasteiger partial charge in [0, 0.05) is 31.7 Å². The molecule has 2 unspecified atom stereocenters. The van der Waals surface area contributed by atoms with Gasteiger partial charge in [-0.1, -0.05) is 31.2 Å². The zero-order chi connectivity index (χ0) is 18.4. The van der Waals surface area contributed by atoms with Crippen molar-refractivity contribution in [2.24, 2.45) is 5.92 Å². The Bertz CT molecular complexity index is 572. The Morgan fingerprint density at radius 1 is 1.24 bits per heavy atom. The number of nitrogens with zero attached hydrogens (tertiary/aromatic N) is 1. The van der Waals surface area contributed by atoms with Crippen molar-refractivity contribution in [1.29, 1.82) is 0 Å². The Balaban J connectivity index is 1.78. The number of benzene rings is 1. The van der Waals surface area contributed by atoms with Crippen molar-refractivity contribution in [2.75, 3.05) is 19.6 Å². The highest BCUT2D eigenvalue weighted by atomic mass is 16.3. The number of aliphatic hydroxyl groups excluding tert-OH is 1. The summed E-state index contributed by atoms with van der Waals surface area (Å²) in [6.45, 7) is 11.3. The molecule has 0 saturated carbocycles. The highest BCUT2D eigenvalue weighted by Crippen LogP contribution is 2.24. The third kappa shape index (κ3) is 6.01. The quantitative estimate of drug-likeness (QED) is 0.710. The van der Waals surface area contributed by atoms with Crippen molar-refractivity contribution in [3.05, 3.63) is 35.4 Å². The molecule has 3 N–H and O–H groups in total. The van der Waals surface area contributed by atoms with E-state index in [1.807, 2.05) is 6.92 Å². The van der Waals surface area contributed by atoms with Crippen LogP contribution < -0.4 is 10.6 Å². The van der Waals surface area contributed by atoms with Crippen molar-refractivity contribution < 1.29 is 9.90 Å². The Kier molecular flexibility index (Phi) is 6.85. The van der Waals surface area contributed by atoms with Crippen LogP contribution in [0.5, 0.6) is 0 Å². The summed E-state index contributed by atoms with van der Waals surface area (Å²) in [5, 5.41) is 15.3. The van der Waals surface area contributed by atoms with E-state index in [0.29, 0.717) is 19.5 Å². The van der Waals surface area contributed by atoms with Crippen LogP contribution in [0.25, 0.3) is 0 Å². The summed E-state index contributed by atoms with van der Waals surface area (Å²) in [5.41, 5.74) is 2.72. The van der Waals surface area contributed by atoms with Crippen LogP contribution in [0.3, 0.4) is 0 Å². The average Bonchev–Trinajstić information content (AvgIpc) is 2.57. The van der Waals surface area contributed by atoms with E-state index < -0.39 is 0 Å². The first kappa shape index (κ1) is 19.7. The van der Waals surface area contributed by atoms with E-state index in [-0.39, 0.29) is 23.6 Å². The minimum Gasteiger partial charge on any atom is -0.393 e. The summed E-state index contributed by atoms with van der Waals surface area (Å²) >= 11 is 0. The summed E-state index contributed by atoms with van der Waals surface area (Å²) in [6.07, 6.45) is 1.42. The van der Waals surface area contributed by atoms with Crippen LogP contribution in [0.4, 0.5) is 4.79 Å². The molecule has 1 aliphatic rings. The topological polar surface area (TPSA) is 64.6 Å². The number of rotatable bonds is 7. The summed E-state index contributed by atoms with van der Waals surface area (Å²) in [4.78, 5) is 14.5. The van der Waals surface area contributed by atoms with Gasteiger partial charge >= 0.3 is 6.03 Å². The lowest BCUT2D eigenvalue weighted by atomic mass is 9.94. The van der Waals surface area contributed by atoms with E-state index in [1.165, 1.54) is 11.1 Å². The standard InChI is InChI=1S/C20H33N3O2/c1-15(11-16(2)24)12-21-19(25)22-14-20(3,4)23-10-9-17-7-5-6-8-18(17)13-23/h5-8,15-16,24H,9-14H2,1-4H3,(H2,21,22,25). The largest absolute Gasteiger partial charge is 0.393 e. The van der Waals surface area contributed by atoms with E-state index in [0.717, 1.165) is 19.5 Å². The Hall–Kier alpha value is -1.59. The number of nitrogens with one attached hydrogen (secondary N) is 2. The molecule has 1 aromatic rings. The zero-order valence-corrected chi connectivity index (χ0v) is 16.0. The van der Waals surface area contributed by atoms with Crippen molar-refractivity contribution in [2.45, 2.75) is 58.7 Å². The first-order chi connectivity index (χ1) is 11.8. The van der Waals surface area contributed by atoms with E-state index in [1.54, 1.807) is 6.92 Å². The van der Waals surface area contributed by atoms with Gasteiger partial charge in [-0.25, -0.2) is 4.79 Å². The number of hydrogen-bond donors (Lipinski definition) is 3. The van der Waals surface area contributed by atoms with Crippen LogP contribution in [0, 0.1) is 5.92 Å². The number of aliphatic hydroxyl groups is 1. The van der Waals surface area contributed by atoms with Crippen molar-refractivity contribution >= 4 is 6.03 Å². The molecule has 1 aromatic carbocycles. The summed E-state index contributed by atoms with van der Waals surface area (Å²) in [5.74, 6) is 0.261. The SMILES string of the molecule is CC(O)CC(C)CNC(=O)NCC(C)(C)N1CCc2ccccc2C1. The molecule has 140 valence electrons. The molecule has 0 radical (unpaired) electrons. The molecule has 25 heavy (non-hydrogen) atoms. The van der Waals surface area contributed by atoms with Crippen LogP contribution in [-0.2, 0) is 13.0 Å². The fourth-order valence-electron chi connectivity index (χ4n) is 3.42. The smallest absolute Gasteiger partial charge is 0.314 e. The molecular formula is C20H33N3O2. The van der Waals surface area contributed by atoms with E-state index in [4.69, 9.17) is 0 Å². The maximum Gasteiger partial charge on any atom is 0.314 e. The third-order valence-electron chi connectivity index (χ3n) is 5.02. The molecule has 5 nitrogen and oxygen atoms in total. The Morgan fingerprint density at radius 2 is 1.92 bits per heavy atom. The highest BCUT2D eigenvalue weighted by molar-refractivity contribution is 5.73. The predicted molar refractivity (Wildman–Crippen MR) is 101 cm³/mol. The molecule has 2 rings (SSSR count). The van der Waals surface area contributed by atoms with Gasteiger partial charge in [-0.15, -0.1) is 0 Å². The van der Waals surface area contributed by atoms with Gasteiger partial charge in [0.1, 0.15) is 0 Å². The van der Waals surface area contributed by atoms with Gasteiger partial charge in [-0.2, -0.15) is 0 Å². The van der Waals surface area contributed by atoms with E-state index in [9.17, 15) is 9.90 Å². The molecule has 0 saturated heterocycles. The van der Waals surface area contributed by atoms with Gasteiger partial charge in [-0.05, 0) is 50.7 Å². The normalized spacial score (nSPS) is 17.5. The predicted octanol–water partition coefficient (Wildman–Crippen LogP) is 2.53. The number of carbonyl (C=O) groups is 1. The minimum absolute atomic E-state index is 0.101. The minimum atomic E-state index is -0.333. The fraction of sp³-hybridized carbons (Fsp3) is 0.650. The van der Waals surface area contributed by atoms with Crippen molar-refractivity contribution in [3.63, 3.8) is 0 Å². The van der Waals surface area contributed by atoms with Gasteiger partial charge in [0.15, 0.2) is 0 Å². The highest BCUT2D eigenvalue weighted by Gasteiger charge is 2.30. The first-order valence-electron chi connectivity index (χ1n) is 9.29. The maximum absolute atomic E-state index is 12.1. The second-order valence-electron chi connectivity index (χ2n) is 8.01. The Labute approximate surface area is 151 Å². The average molecular weight is 348 g/mol. The molecular weight excluding hydrogens is 314 g/mol. The molecule has 0 bridgehead atoms. The molecule has 2 atom stereocenters. The molecule has 0 spiro atoms. The first-order valence-corrected chi connectivity index (χ1v) is 9.29. The van der Waals surface area contributed by atoms with Gasteiger partial charge in [0.25, 0.3) is 0 Å². The second kappa shape index (κ2) is 8.68. The van der Waals surface area contributed by atoms with E-state index in [2.05, 4.69) is 53.6 Å². The van der Waals surface area contributed by atoms with Crippen LogP contribution in [0.15, 0.2) is 24.3 Å². The van der Waals surface area contributed by atoms with Gasteiger partial charge in [-0.3, -0.25) is 4.90 Å². The van der Waals surface area contributed by atoms with Crippen LogP contribution >= 0.6 is 0 Å². The lowest BCUT2D eigenvalue weighted by Crippen LogP contribution is -2.54. The Morgan fingerprint density at radius 3 is 2.60 bits per heavy atom. The lowest BCUT2D eigenvalue weighted by molar-refractivity contribution is 0.104. The number of hydrogen-bond acceptors (Lipinski definition) is 3. The van der Waals surface area contributed by atoms with Crippen LogP contribution in [0.1, 0.15) is 45.2 Å². The van der Waals surface area contributed by atoms with Crippen molar-refractivity contribution in [3.8, 4) is 0 Å². The number of urea groups is 1. The fourth-order valence-corrected chi connectivity index (χ4v) is 3.42. The summed E-state index contributed by atoms with van der Waals surface area (Å²) < 4.78 is 0. The zero-order valence-electron chi connectivity index (χ0n) is 16.0. The number of fused-ring (bicyclic) bond motifs is 1. The molecule has 0 aliphatic carbocycles. The lowest BCUT2D eigenvalue weighted by Gasteiger charge is -2.41. The monoisotopic (exact) mass is 347 g/mol. The maximum atomic E-state index is 12.1. The van der Waals surface area contributed by atoms with E-state index >= 15 is 0 Å². The molecule has 1 aliphatic heterocycles. The van der Waals surface area contributed by atoms with Gasteiger partial charge in [0.05, 0.1) is 6.10 Å². The molecule has 0 aromatic heterocycles. The van der Waals surface area contributed by atoms with Gasteiger partial charge in [0.2, 0.25) is 0 Å². The summed E-state index contributed by atoms with van der Waals surface area (Å²) in [7, 11) is 0. The van der Waals surface area contributed by atoms with Crippen LogP contribution in [0.2, 0.25) is 0 Å². The number of carbonyl (C=O) groups excluding carboxylic acids is 1. The van der Waals surface area contributed by atoms with Gasteiger partial charge < -0.3 is 15.7 Å². The second-order valence-corrected chi connectivity index (χ2v) is 8.01. The third-order valence-corrected chi connectivity index (χ3v) is 5.02. The number of amides is 2. The molecule has 5 heteroatoms. The molecule has 1 heterocycles.